The van der Waals surface area contributed by atoms with Gasteiger partial charge >= 0.3 is 0 Å². The zero-order valence-electron chi connectivity index (χ0n) is 14.8. The van der Waals surface area contributed by atoms with E-state index in [1.54, 1.807) is 0 Å². The molecule has 2 fully saturated rings. The normalized spacial score (nSPS) is 31.9. The van der Waals surface area contributed by atoms with E-state index in [9.17, 15) is 0 Å². The van der Waals surface area contributed by atoms with Crippen LogP contribution in [0.1, 0.15) is 69.4 Å². The van der Waals surface area contributed by atoms with Crippen molar-refractivity contribution in [1.82, 2.24) is 0 Å². The smallest absolute Gasteiger partial charge is 0.0349 e. The number of nitrogens with two attached hydrogens (primary N) is 2. The lowest BCUT2D eigenvalue weighted by molar-refractivity contribution is 0.289. The van der Waals surface area contributed by atoms with Gasteiger partial charge in [0.15, 0.2) is 0 Å². The molecule has 2 saturated carbocycles. The summed E-state index contributed by atoms with van der Waals surface area (Å²) < 4.78 is 0. The fourth-order valence-electron chi connectivity index (χ4n) is 4.53. The molecule has 0 bridgehead atoms. The Bertz CT molecular complexity index is 495. The lowest BCUT2D eigenvalue weighted by atomic mass is 9.79. The maximum atomic E-state index is 6.37. The van der Waals surface area contributed by atoms with Gasteiger partial charge in [0.1, 0.15) is 0 Å². The van der Waals surface area contributed by atoms with Crippen molar-refractivity contribution in [1.29, 1.82) is 0 Å². The van der Waals surface area contributed by atoms with E-state index in [1.807, 2.05) is 0 Å². The summed E-state index contributed by atoms with van der Waals surface area (Å²) in [4.78, 5) is 0. The van der Waals surface area contributed by atoms with Crippen molar-refractivity contribution in [2.24, 2.45) is 23.5 Å². The molecule has 128 valence electrons. The number of hydrogen-bond acceptors (Lipinski definition) is 2. The number of anilines is 1. The second-order valence-electron chi connectivity index (χ2n) is 8.35. The van der Waals surface area contributed by atoms with Crippen LogP contribution >= 0.6 is 0 Å². The van der Waals surface area contributed by atoms with Crippen molar-refractivity contribution in [3.05, 3.63) is 29.3 Å². The van der Waals surface area contributed by atoms with Gasteiger partial charge < -0.3 is 11.5 Å². The van der Waals surface area contributed by atoms with E-state index < -0.39 is 0 Å². The first-order valence-corrected chi connectivity index (χ1v) is 9.73. The molecule has 0 heterocycles. The minimum atomic E-state index is 0.442. The van der Waals surface area contributed by atoms with E-state index in [0.29, 0.717) is 6.04 Å². The summed E-state index contributed by atoms with van der Waals surface area (Å²) in [6.45, 7) is 2.39. The average molecular weight is 315 g/mol. The lowest BCUT2D eigenvalue weighted by Crippen LogP contribution is -2.27. The van der Waals surface area contributed by atoms with E-state index in [0.717, 1.165) is 23.4 Å². The second-order valence-corrected chi connectivity index (χ2v) is 8.35. The first-order valence-electron chi connectivity index (χ1n) is 9.73. The van der Waals surface area contributed by atoms with Gasteiger partial charge in [0.05, 0.1) is 0 Å². The van der Waals surface area contributed by atoms with Gasteiger partial charge in [0, 0.05) is 11.7 Å². The fourth-order valence-corrected chi connectivity index (χ4v) is 4.53. The Balaban J connectivity index is 1.55. The van der Waals surface area contributed by atoms with Gasteiger partial charge in [0.25, 0.3) is 0 Å². The highest BCUT2D eigenvalue weighted by molar-refractivity contribution is 5.49. The van der Waals surface area contributed by atoms with E-state index in [-0.39, 0.29) is 0 Å². The molecule has 0 aromatic heterocycles. The van der Waals surface area contributed by atoms with Crippen molar-refractivity contribution < 1.29 is 0 Å². The van der Waals surface area contributed by atoms with Crippen LogP contribution in [0.15, 0.2) is 18.2 Å². The van der Waals surface area contributed by atoms with Gasteiger partial charge in [-0.25, -0.2) is 0 Å². The summed E-state index contributed by atoms with van der Waals surface area (Å²) in [7, 11) is 0. The van der Waals surface area contributed by atoms with Crippen LogP contribution in [0.3, 0.4) is 0 Å². The predicted molar refractivity (Wildman–Crippen MR) is 99.3 cm³/mol. The van der Waals surface area contributed by atoms with Gasteiger partial charge in [-0.2, -0.15) is 0 Å². The molecule has 0 amide bonds. The number of benzene rings is 1. The third-order valence-electron chi connectivity index (χ3n) is 6.27. The van der Waals surface area contributed by atoms with Gasteiger partial charge in [-0.3, -0.25) is 0 Å². The lowest BCUT2D eigenvalue weighted by Gasteiger charge is -2.27. The van der Waals surface area contributed by atoms with Crippen molar-refractivity contribution >= 4 is 5.69 Å². The largest absolute Gasteiger partial charge is 0.398 e. The highest BCUT2D eigenvalue weighted by Crippen LogP contribution is 2.32. The van der Waals surface area contributed by atoms with E-state index in [4.69, 9.17) is 11.5 Å². The first-order chi connectivity index (χ1) is 11.1. The Labute approximate surface area is 142 Å². The van der Waals surface area contributed by atoms with Gasteiger partial charge in [-0.05, 0) is 86.3 Å². The molecule has 3 rings (SSSR count). The summed E-state index contributed by atoms with van der Waals surface area (Å²) >= 11 is 0. The van der Waals surface area contributed by atoms with E-state index in [1.165, 1.54) is 75.3 Å². The first kappa shape index (κ1) is 16.8. The average Bonchev–Trinajstić information content (AvgIpc) is 2.54. The molecule has 2 aliphatic carbocycles. The van der Waals surface area contributed by atoms with Crippen LogP contribution in [-0.2, 0) is 12.8 Å². The minimum absolute atomic E-state index is 0.442. The highest BCUT2D eigenvalue weighted by atomic mass is 14.6. The molecule has 0 aliphatic heterocycles. The second kappa shape index (κ2) is 7.70. The van der Waals surface area contributed by atoms with Crippen LogP contribution < -0.4 is 11.5 Å². The Morgan fingerprint density at radius 2 is 1.48 bits per heavy atom. The Morgan fingerprint density at radius 1 is 0.870 bits per heavy atom. The third-order valence-corrected chi connectivity index (χ3v) is 6.27. The summed E-state index contributed by atoms with van der Waals surface area (Å²) in [6.07, 6.45) is 12.9. The molecule has 0 atom stereocenters. The summed E-state index contributed by atoms with van der Waals surface area (Å²) in [5, 5.41) is 0. The maximum Gasteiger partial charge on any atom is 0.0349 e. The minimum Gasteiger partial charge on any atom is -0.398 e. The molecular formula is C21H34N2. The molecule has 0 spiro atoms. The van der Waals surface area contributed by atoms with E-state index >= 15 is 0 Å². The summed E-state index contributed by atoms with van der Waals surface area (Å²) in [6, 6.07) is 7.31. The zero-order chi connectivity index (χ0) is 16.2. The van der Waals surface area contributed by atoms with Gasteiger partial charge in [0.2, 0.25) is 0 Å². The molecule has 0 unspecified atom stereocenters. The molecule has 0 radical (unpaired) electrons. The highest BCUT2D eigenvalue weighted by Gasteiger charge is 2.21. The van der Waals surface area contributed by atoms with Crippen molar-refractivity contribution in [3.8, 4) is 0 Å². The molecule has 23 heavy (non-hydrogen) atoms. The summed E-state index contributed by atoms with van der Waals surface area (Å²) in [5.74, 6) is 2.58. The van der Waals surface area contributed by atoms with Crippen LogP contribution in [0.25, 0.3) is 0 Å². The fraction of sp³-hybridized carbons (Fsp3) is 0.714. The van der Waals surface area contributed by atoms with Crippen LogP contribution in [-0.4, -0.2) is 6.04 Å². The van der Waals surface area contributed by atoms with E-state index in [2.05, 4.69) is 25.1 Å². The van der Waals surface area contributed by atoms with Crippen molar-refractivity contribution in [2.45, 2.75) is 77.2 Å². The number of nitrogen functional groups attached to an aromatic ring is 1. The summed E-state index contributed by atoms with van der Waals surface area (Å²) in [5.41, 5.74) is 16.2. The molecule has 4 N–H and O–H groups in total. The predicted octanol–water partition coefficient (Wildman–Crippen LogP) is 4.70. The third kappa shape index (κ3) is 4.73. The van der Waals surface area contributed by atoms with Crippen LogP contribution in [0.2, 0.25) is 0 Å². The quantitative estimate of drug-likeness (QED) is 0.792. The number of rotatable bonds is 4. The molecule has 2 heteroatoms. The van der Waals surface area contributed by atoms with Crippen LogP contribution in [0.4, 0.5) is 5.69 Å². The standard InChI is InChI=1S/C21H34N2/c1-15-2-4-17(5-3-15)13-19-9-6-18(14-21(19)23)12-16-7-10-20(22)11-8-16/h6,9,14-17,20H,2-5,7-8,10-13,22-23H2,1H3. The van der Waals surface area contributed by atoms with Gasteiger partial charge in [-0.1, -0.05) is 31.9 Å². The Hall–Kier alpha value is -1.02. The topological polar surface area (TPSA) is 52.0 Å². The Morgan fingerprint density at radius 3 is 2.13 bits per heavy atom. The monoisotopic (exact) mass is 314 g/mol. The Kier molecular flexibility index (Phi) is 5.63. The molecule has 2 nitrogen and oxygen atoms in total. The molecule has 2 aliphatic rings. The van der Waals surface area contributed by atoms with Crippen LogP contribution in [0, 0.1) is 17.8 Å². The SMILES string of the molecule is CC1CCC(Cc2ccc(CC3CCC(N)CC3)cc2N)CC1. The zero-order valence-corrected chi connectivity index (χ0v) is 14.8. The van der Waals surface area contributed by atoms with Crippen molar-refractivity contribution in [3.63, 3.8) is 0 Å². The molecule has 0 saturated heterocycles. The van der Waals surface area contributed by atoms with Crippen molar-refractivity contribution in [2.75, 3.05) is 5.73 Å². The molecule has 1 aromatic rings. The number of hydrogen-bond donors (Lipinski definition) is 2. The van der Waals surface area contributed by atoms with Crippen LogP contribution in [0.5, 0.6) is 0 Å². The molecular weight excluding hydrogens is 280 g/mol. The molecule has 1 aromatic carbocycles. The van der Waals surface area contributed by atoms with Gasteiger partial charge in [-0.15, -0.1) is 0 Å². The maximum absolute atomic E-state index is 6.37.